The minimum atomic E-state index is -0.824. The number of H-pyrrole nitrogens is 1. The van der Waals surface area contributed by atoms with Crippen LogP contribution in [0.5, 0.6) is 5.75 Å². The van der Waals surface area contributed by atoms with E-state index in [1.165, 1.54) is 19.2 Å². The Balaban J connectivity index is 2.66. The van der Waals surface area contributed by atoms with Gasteiger partial charge in [-0.1, -0.05) is 0 Å². The summed E-state index contributed by atoms with van der Waals surface area (Å²) in [5.41, 5.74) is 5.58. The largest absolute Gasteiger partial charge is 0.493 e. The Hall–Kier alpha value is -2.64. The van der Waals surface area contributed by atoms with Gasteiger partial charge in [0.25, 0.3) is 5.69 Å². The van der Waals surface area contributed by atoms with Crippen molar-refractivity contribution in [1.82, 2.24) is 10.2 Å². The zero-order valence-corrected chi connectivity index (χ0v) is 9.31. The van der Waals surface area contributed by atoms with Gasteiger partial charge in [0.05, 0.1) is 29.4 Å². The number of hydrogen-bond donors (Lipinski definition) is 2. The topological polar surface area (TPSA) is 107 Å². The third-order valence-corrected chi connectivity index (χ3v) is 2.33. The minimum Gasteiger partial charge on any atom is -0.493 e. The summed E-state index contributed by atoms with van der Waals surface area (Å²) in [6, 6.07) is 3.41. The standard InChI is InChI=1S/C10H9FN4O3/c1-18-10-6(8-4-9(12)14-13-8)2-5(15(16)17)3-7(10)11/h2-4H,1H3,(H3,12,13,14). The number of anilines is 1. The smallest absolute Gasteiger partial charge is 0.273 e. The molecule has 0 amide bonds. The van der Waals surface area contributed by atoms with Crippen molar-refractivity contribution in [3.05, 3.63) is 34.1 Å². The van der Waals surface area contributed by atoms with E-state index in [1.54, 1.807) is 0 Å². The average Bonchev–Trinajstić information content (AvgIpc) is 2.74. The lowest BCUT2D eigenvalue weighted by Crippen LogP contribution is -1.96. The first-order chi connectivity index (χ1) is 8.52. The maximum Gasteiger partial charge on any atom is 0.273 e. The van der Waals surface area contributed by atoms with E-state index in [2.05, 4.69) is 10.2 Å². The fraction of sp³-hybridized carbons (Fsp3) is 0.100. The molecule has 0 unspecified atom stereocenters. The van der Waals surface area contributed by atoms with Gasteiger partial charge >= 0.3 is 0 Å². The summed E-state index contributed by atoms with van der Waals surface area (Å²) in [6.45, 7) is 0. The van der Waals surface area contributed by atoms with E-state index in [4.69, 9.17) is 10.5 Å². The zero-order chi connectivity index (χ0) is 13.3. The molecule has 0 spiro atoms. The van der Waals surface area contributed by atoms with Gasteiger partial charge in [-0.15, -0.1) is 0 Å². The third-order valence-electron chi connectivity index (χ3n) is 2.33. The maximum absolute atomic E-state index is 13.7. The van der Waals surface area contributed by atoms with Crippen molar-refractivity contribution < 1.29 is 14.1 Å². The number of benzene rings is 1. The fourth-order valence-corrected chi connectivity index (χ4v) is 1.57. The predicted molar refractivity (Wildman–Crippen MR) is 61.6 cm³/mol. The number of non-ortho nitro benzene ring substituents is 1. The number of nitrogen functional groups attached to an aromatic ring is 1. The molecular weight excluding hydrogens is 243 g/mol. The van der Waals surface area contributed by atoms with Crippen LogP contribution in [0.1, 0.15) is 0 Å². The highest BCUT2D eigenvalue weighted by Crippen LogP contribution is 2.35. The second kappa shape index (κ2) is 4.32. The molecule has 7 nitrogen and oxygen atoms in total. The number of halogens is 1. The van der Waals surface area contributed by atoms with Gasteiger partial charge in [-0.2, -0.15) is 5.10 Å². The van der Waals surface area contributed by atoms with E-state index in [9.17, 15) is 14.5 Å². The number of aromatic amines is 1. The van der Waals surface area contributed by atoms with Crippen LogP contribution in [0.15, 0.2) is 18.2 Å². The quantitative estimate of drug-likeness (QED) is 0.638. The molecule has 2 aromatic rings. The highest BCUT2D eigenvalue weighted by molar-refractivity contribution is 5.72. The van der Waals surface area contributed by atoms with Crippen LogP contribution >= 0.6 is 0 Å². The lowest BCUT2D eigenvalue weighted by Gasteiger charge is -2.07. The zero-order valence-electron chi connectivity index (χ0n) is 9.31. The molecule has 0 atom stereocenters. The van der Waals surface area contributed by atoms with E-state index in [-0.39, 0.29) is 22.8 Å². The molecule has 1 aromatic heterocycles. The molecule has 0 aliphatic heterocycles. The molecule has 18 heavy (non-hydrogen) atoms. The summed E-state index contributed by atoms with van der Waals surface area (Å²) in [4.78, 5) is 10.0. The maximum atomic E-state index is 13.7. The van der Waals surface area contributed by atoms with Crippen LogP contribution < -0.4 is 10.5 Å². The van der Waals surface area contributed by atoms with Crippen molar-refractivity contribution in [3.63, 3.8) is 0 Å². The molecule has 0 aliphatic rings. The Bertz CT molecular complexity index is 611. The van der Waals surface area contributed by atoms with Crippen molar-refractivity contribution in [2.75, 3.05) is 12.8 Å². The van der Waals surface area contributed by atoms with E-state index >= 15 is 0 Å². The van der Waals surface area contributed by atoms with E-state index in [1.807, 2.05) is 0 Å². The van der Waals surface area contributed by atoms with Gasteiger partial charge in [-0.3, -0.25) is 15.2 Å². The van der Waals surface area contributed by atoms with E-state index < -0.39 is 10.7 Å². The molecule has 0 saturated carbocycles. The summed E-state index contributed by atoms with van der Waals surface area (Å²) in [5.74, 6) is -0.738. The monoisotopic (exact) mass is 252 g/mol. The first-order valence-electron chi connectivity index (χ1n) is 4.86. The van der Waals surface area contributed by atoms with Gasteiger partial charge in [0, 0.05) is 12.1 Å². The lowest BCUT2D eigenvalue weighted by atomic mass is 10.1. The van der Waals surface area contributed by atoms with Crippen molar-refractivity contribution in [3.8, 4) is 17.0 Å². The highest BCUT2D eigenvalue weighted by Gasteiger charge is 2.19. The van der Waals surface area contributed by atoms with Crippen LogP contribution in [-0.2, 0) is 0 Å². The second-order valence-corrected chi connectivity index (χ2v) is 3.47. The molecule has 94 valence electrons. The number of rotatable bonds is 3. The molecule has 3 N–H and O–H groups in total. The molecule has 8 heteroatoms. The number of aromatic nitrogens is 2. The number of nitrogens with one attached hydrogen (secondary N) is 1. The van der Waals surface area contributed by atoms with Crippen molar-refractivity contribution >= 4 is 11.5 Å². The number of nitro groups is 1. The van der Waals surface area contributed by atoms with Crippen LogP contribution in [0.25, 0.3) is 11.3 Å². The van der Waals surface area contributed by atoms with Crippen LogP contribution in [0, 0.1) is 15.9 Å². The summed E-state index contributed by atoms with van der Waals surface area (Å²) >= 11 is 0. The molecule has 1 heterocycles. The molecule has 0 fully saturated rings. The number of nitrogens with two attached hydrogens (primary N) is 1. The number of nitro benzene ring substituents is 1. The molecule has 0 bridgehead atoms. The summed E-state index contributed by atoms with van der Waals surface area (Å²) in [5, 5.41) is 16.9. The van der Waals surface area contributed by atoms with Crippen molar-refractivity contribution in [2.24, 2.45) is 0 Å². The van der Waals surface area contributed by atoms with E-state index in [0.717, 1.165) is 6.07 Å². The summed E-state index contributed by atoms with van der Waals surface area (Å²) in [6.07, 6.45) is 0. The van der Waals surface area contributed by atoms with Crippen LogP contribution in [-0.4, -0.2) is 22.2 Å². The molecule has 0 radical (unpaired) electrons. The van der Waals surface area contributed by atoms with Gasteiger partial charge in [0.15, 0.2) is 11.6 Å². The Labute approximate surface area is 101 Å². The third kappa shape index (κ3) is 1.95. The Morgan fingerprint density at radius 2 is 2.22 bits per heavy atom. The molecule has 1 aromatic carbocycles. The fourth-order valence-electron chi connectivity index (χ4n) is 1.57. The van der Waals surface area contributed by atoms with Gasteiger partial charge in [0.1, 0.15) is 5.82 Å². The van der Waals surface area contributed by atoms with Gasteiger partial charge < -0.3 is 10.5 Å². The molecule has 0 saturated heterocycles. The first-order valence-corrected chi connectivity index (χ1v) is 4.86. The normalized spacial score (nSPS) is 10.3. The van der Waals surface area contributed by atoms with E-state index in [0.29, 0.717) is 5.69 Å². The molecule has 0 aliphatic carbocycles. The summed E-state index contributed by atoms with van der Waals surface area (Å²) < 4.78 is 18.6. The number of hydrogen-bond acceptors (Lipinski definition) is 5. The van der Waals surface area contributed by atoms with Crippen LogP contribution in [0.4, 0.5) is 15.9 Å². The van der Waals surface area contributed by atoms with Crippen molar-refractivity contribution in [1.29, 1.82) is 0 Å². The molecular formula is C10H9FN4O3. The Kier molecular flexibility index (Phi) is 2.84. The Morgan fingerprint density at radius 3 is 2.72 bits per heavy atom. The highest BCUT2D eigenvalue weighted by atomic mass is 19.1. The van der Waals surface area contributed by atoms with Crippen LogP contribution in [0.2, 0.25) is 0 Å². The number of methoxy groups -OCH3 is 1. The number of ether oxygens (including phenoxy) is 1. The number of nitrogens with zero attached hydrogens (tertiary/aromatic N) is 2. The van der Waals surface area contributed by atoms with Crippen molar-refractivity contribution in [2.45, 2.75) is 0 Å². The Morgan fingerprint density at radius 1 is 1.50 bits per heavy atom. The van der Waals surface area contributed by atoms with Gasteiger partial charge in [0.2, 0.25) is 0 Å². The average molecular weight is 252 g/mol. The predicted octanol–water partition coefficient (Wildman–Crippen LogP) is 1.71. The molecule has 2 rings (SSSR count). The SMILES string of the molecule is COc1c(F)cc([N+](=O)[O-])cc1-c1cc(N)n[nH]1. The minimum absolute atomic E-state index is 0.107. The van der Waals surface area contributed by atoms with Gasteiger partial charge in [-0.05, 0) is 0 Å². The first kappa shape index (κ1) is 11.8. The second-order valence-electron chi connectivity index (χ2n) is 3.47. The summed E-state index contributed by atoms with van der Waals surface area (Å²) in [7, 11) is 1.27. The van der Waals surface area contributed by atoms with Crippen LogP contribution in [0.3, 0.4) is 0 Å². The lowest BCUT2D eigenvalue weighted by molar-refractivity contribution is -0.385. The van der Waals surface area contributed by atoms with Gasteiger partial charge in [-0.25, -0.2) is 4.39 Å².